The summed E-state index contributed by atoms with van der Waals surface area (Å²) in [6.07, 6.45) is 2.54. The molecule has 1 aliphatic rings. The van der Waals surface area contributed by atoms with Crippen LogP contribution in [0.4, 0.5) is 0 Å². The van der Waals surface area contributed by atoms with E-state index in [0.717, 1.165) is 25.7 Å². The van der Waals surface area contributed by atoms with E-state index >= 15 is 0 Å². The topological polar surface area (TPSA) is 12.0 Å². The van der Waals surface area contributed by atoms with Crippen LogP contribution in [0.3, 0.4) is 0 Å². The van der Waals surface area contributed by atoms with Gasteiger partial charge in [0.2, 0.25) is 0 Å². The van der Waals surface area contributed by atoms with E-state index in [9.17, 15) is 0 Å². The maximum Gasteiger partial charge on any atom is 0.0267 e. The quantitative estimate of drug-likeness (QED) is 0.604. The lowest BCUT2D eigenvalue weighted by Gasteiger charge is -2.20. The number of halogens is 1. The minimum Gasteiger partial charge on any atom is -0.317 e. The van der Waals surface area contributed by atoms with E-state index in [1.165, 1.54) is 0 Å². The molecule has 1 N–H and O–H groups in total. The third-order valence-electron chi connectivity index (χ3n) is 1.75. The molecule has 0 amide bonds. The van der Waals surface area contributed by atoms with E-state index in [4.69, 9.17) is 2.74 Å². The summed E-state index contributed by atoms with van der Waals surface area (Å²) in [5.74, 6) is 0. The standard InChI is InChI=1S/C7H15N.ClH/c1-8-7-5-3-2-4-6-7;/h7-8H,2-6H2,1H3;1H/i2D2;. The van der Waals surface area contributed by atoms with Crippen LogP contribution in [-0.4, -0.2) is 13.1 Å². The van der Waals surface area contributed by atoms with E-state index in [2.05, 4.69) is 5.32 Å². The average molecular weight is 152 g/mol. The van der Waals surface area contributed by atoms with Gasteiger partial charge in [0.25, 0.3) is 0 Å². The Labute approximate surface area is 66.4 Å². The van der Waals surface area contributed by atoms with Crippen LogP contribution in [0.1, 0.15) is 34.8 Å². The number of nitrogens with one attached hydrogen (secondary N) is 1. The van der Waals surface area contributed by atoms with Crippen molar-refractivity contribution in [1.29, 1.82) is 0 Å². The normalized spacial score (nSPS) is 29.9. The van der Waals surface area contributed by atoms with Crippen molar-refractivity contribution in [2.24, 2.45) is 0 Å². The zero-order valence-electron chi connectivity index (χ0n) is 7.81. The predicted octanol–water partition coefficient (Wildman–Crippen LogP) is 1.96. The lowest BCUT2D eigenvalue weighted by atomic mass is 9.96. The molecule has 0 aromatic rings. The summed E-state index contributed by atoms with van der Waals surface area (Å²) >= 11 is 0. The summed E-state index contributed by atoms with van der Waals surface area (Å²) in [7, 11) is 1.95. The van der Waals surface area contributed by atoms with E-state index in [0.29, 0.717) is 6.04 Å². The highest BCUT2D eigenvalue weighted by molar-refractivity contribution is 5.85. The molecule has 0 saturated heterocycles. The van der Waals surface area contributed by atoms with Crippen molar-refractivity contribution in [3.63, 3.8) is 0 Å². The fraction of sp³-hybridized carbons (Fsp3) is 1.00. The Hall–Kier alpha value is 0.250. The van der Waals surface area contributed by atoms with E-state index < -0.39 is 6.37 Å². The molecule has 1 fully saturated rings. The average Bonchev–Trinajstić information content (AvgIpc) is 1.88. The van der Waals surface area contributed by atoms with Crippen molar-refractivity contribution in [2.75, 3.05) is 7.05 Å². The van der Waals surface area contributed by atoms with E-state index in [-0.39, 0.29) is 12.4 Å². The Kier molecular flexibility index (Phi) is 3.37. The Morgan fingerprint density at radius 3 is 2.44 bits per heavy atom. The van der Waals surface area contributed by atoms with Gasteiger partial charge in [-0.1, -0.05) is 19.2 Å². The van der Waals surface area contributed by atoms with Crippen molar-refractivity contribution >= 4 is 12.4 Å². The highest BCUT2D eigenvalue weighted by atomic mass is 35.5. The molecule has 1 saturated carbocycles. The summed E-state index contributed by atoms with van der Waals surface area (Å²) in [6, 6.07) is 0.559. The largest absolute Gasteiger partial charge is 0.317 e. The fourth-order valence-electron chi connectivity index (χ4n) is 1.11. The molecule has 1 nitrogen and oxygen atoms in total. The van der Waals surface area contributed by atoms with Crippen molar-refractivity contribution in [1.82, 2.24) is 5.32 Å². The van der Waals surface area contributed by atoms with Crippen LogP contribution in [0.15, 0.2) is 0 Å². The maximum absolute atomic E-state index is 7.43. The van der Waals surface area contributed by atoms with Crippen molar-refractivity contribution < 1.29 is 2.74 Å². The van der Waals surface area contributed by atoms with Gasteiger partial charge in [-0.3, -0.25) is 0 Å². The monoisotopic (exact) mass is 151 g/mol. The Morgan fingerprint density at radius 1 is 1.44 bits per heavy atom. The van der Waals surface area contributed by atoms with Crippen LogP contribution in [0.25, 0.3) is 0 Å². The third kappa shape index (κ3) is 3.07. The molecule has 0 aliphatic heterocycles. The molecule has 0 unspecified atom stereocenters. The lowest BCUT2D eigenvalue weighted by Crippen LogP contribution is -2.26. The second-order valence-electron chi connectivity index (χ2n) is 2.31. The van der Waals surface area contributed by atoms with Gasteiger partial charge in [0.15, 0.2) is 0 Å². The van der Waals surface area contributed by atoms with E-state index in [1.807, 2.05) is 7.05 Å². The first-order valence-electron chi connectivity index (χ1n) is 4.31. The summed E-state index contributed by atoms with van der Waals surface area (Å²) < 4.78 is 14.9. The van der Waals surface area contributed by atoms with E-state index in [1.54, 1.807) is 0 Å². The number of hydrogen-bond donors (Lipinski definition) is 1. The molecule has 0 bridgehead atoms. The highest BCUT2D eigenvalue weighted by Crippen LogP contribution is 2.16. The van der Waals surface area contributed by atoms with Gasteiger partial charge in [-0.25, -0.2) is 0 Å². The van der Waals surface area contributed by atoms with Gasteiger partial charge in [-0.15, -0.1) is 12.4 Å². The molecule has 0 spiro atoms. The minimum atomic E-state index is -0.882. The smallest absolute Gasteiger partial charge is 0.0267 e. The second kappa shape index (κ2) is 5.07. The van der Waals surface area contributed by atoms with Crippen LogP contribution in [0, 0.1) is 0 Å². The summed E-state index contributed by atoms with van der Waals surface area (Å²) in [5.41, 5.74) is 0. The molecule has 9 heavy (non-hydrogen) atoms. The first-order valence-corrected chi connectivity index (χ1v) is 3.31. The maximum atomic E-state index is 7.43. The van der Waals surface area contributed by atoms with Crippen LogP contribution in [-0.2, 0) is 0 Å². The molecule has 0 aromatic carbocycles. The summed E-state index contributed by atoms with van der Waals surface area (Å²) in [5, 5.41) is 3.18. The third-order valence-corrected chi connectivity index (χ3v) is 1.75. The Balaban J connectivity index is 0.000001000. The van der Waals surface area contributed by atoms with Crippen LogP contribution < -0.4 is 5.32 Å². The van der Waals surface area contributed by atoms with Gasteiger partial charge >= 0.3 is 0 Å². The van der Waals surface area contributed by atoms with Crippen LogP contribution >= 0.6 is 12.4 Å². The van der Waals surface area contributed by atoms with Gasteiger partial charge in [-0.05, 0) is 19.9 Å². The zero-order chi connectivity index (χ0) is 7.61. The molecule has 1 aliphatic carbocycles. The number of rotatable bonds is 1. The molecule has 0 aromatic heterocycles. The van der Waals surface area contributed by atoms with Crippen LogP contribution in [0.2, 0.25) is 0 Å². The SMILES string of the molecule is Cl.[2H]C1([2H])CCC(NC)CC1. The van der Waals surface area contributed by atoms with Gasteiger partial charge in [0.1, 0.15) is 0 Å². The Bertz CT molecular complexity index is 109. The second-order valence-corrected chi connectivity index (χ2v) is 2.31. The molecule has 56 valence electrons. The summed E-state index contributed by atoms with van der Waals surface area (Å²) in [4.78, 5) is 0. The molecule has 0 radical (unpaired) electrons. The molecule has 2 heteroatoms. The van der Waals surface area contributed by atoms with Gasteiger partial charge in [-0.2, -0.15) is 0 Å². The van der Waals surface area contributed by atoms with Crippen molar-refractivity contribution in [3.8, 4) is 0 Å². The highest BCUT2D eigenvalue weighted by Gasteiger charge is 2.09. The molecule has 0 atom stereocenters. The molecular formula is C7H16ClN. The first-order chi connectivity index (χ1) is 4.64. The zero-order valence-corrected chi connectivity index (χ0v) is 6.63. The van der Waals surface area contributed by atoms with Crippen molar-refractivity contribution in [3.05, 3.63) is 0 Å². The lowest BCUT2D eigenvalue weighted by molar-refractivity contribution is 0.394. The molecule has 1 rings (SSSR count). The minimum absolute atomic E-state index is 0. The fourth-order valence-corrected chi connectivity index (χ4v) is 1.11. The van der Waals surface area contributed by atoms with Crippen LogP contribution in [0.5, 0.6) is 0 Å². The predicted molar refractivity (Wildman–Crippen MR) is 43.2 cm³/mol. The molecular weight excluding hydrogens is 134 g/mol. The molecule has 0 heterocycles. The summed E-state index contributed by atoms with van der Waals surface area (Å²) in [6.45, 7) is 0. The van der Waals surface area contributed by atoms with Gasteiger partial charge < -0.3 is 5.32 Å². The first kappa shape index (κ1) is 5.99. The van der Waals surface area contributed by atoms with Gasteiger partial charge in [0, 0.05) is 8.78 Å². The Morgan fingerprint density at radius 2 is 2.00 bits per heavy atom. The van der Waals surface area contributed by atoms with Crippen molar-refractivity contribution in [2.45, 2.75) is 38.1 Å². The number of hydrogen-bond acceptors (Lipinski definition) is 1. The van der Waals surface area contributed by atoms with Gasteiger partial charge in [0.05, 0.1) is 0 Å².